The van der Waals surface area contributed by atoms with E-state index in [2.05, 4.69) is 0 Å². The number of benzene rings is 2. The predicted molar refractivity (Wildman–Crippen MR) is 77.1 cm³/mol. The largest absolute Gasteiger partial charge is 0.454 e. The molecule has 3 nitrogen and oxygen atoms in total. The molecule has 0 bridgehead atoms. The third kappa shape index (κ3) is 3.45. The van der Waals surface area contributed by atoms with Crippen molar-refractivity contribution in [2.24, 2.45) is 0 Å². The Morgan fingerprint density at radius 3 is 1.70 bits per heavy atom. The summed E-state index contributed by atoms with van der Waals surface area (Å²) in [5.74, 6) is -0.322. The van der Waals surface area contributed by atoms with Crippen LogP contribution in [0.3, 0.4) is 0 Å². The highest BCUT2D eigenvalue weighted by Gasteiger charge is 2.27. The van der Waals surface area contributed by atoms with Gasteiger partial charge in [0.1, 0.15) is 6.10 Å². The van der Waals surface area contributed by atoms with E-state index in [1.807, 2.05) is 60.7 Å². The van der Waals surface area contributed by atoms with Crippen molar-refractivity contribution in [2.75, 3.05) is 7.11 Å². The van der Waals surface area contributed by atoms with Crippen LogP contribution in [0.25, 0.3) is 0 Å². The number of rotatable bonds is 5. The highest BCUT2D eigenvalue weighted by Crippen LogP contribution is 2.34. The summed E-state index contributed by atoms with van der Waals surface area (Å²) < 4.78 is 11.1. The topological polar surface area (TPSA) is 35.5 Å². The van der Waals surface area contributed by atoms with Crippen LogP contribution in [-0.4, -0.2) is 13.1 Å². The minimum absolute atomic E-state index is 0.322. The molecule has 104 valence electrons. The lowest BCUT2D eigenvalue weighted by atomic mass is 9.98. The maximum atomic E-state index is 11.4. The van der Waals surface area contributed by atoms with Gasteiger partial charge in [-0.25, -0.2) is 0 Å². The first-order valence-electron chi connectivity index (χ1n) is 6.52. The predicted octanol–water partition coefficient (Wildman–Crippen LogP) is 3.68. The average molecular weight is 270 g/mol. The van der Waals surface area contributed by atoms with E-state index in [9.17, 15) is 4.79 Å². The Bertz CT molecular complexity index is 537. The van der Waals surface area contributed by atoms with Crippen LogP contribution in [0.5, 0.6) is 0 Å². The van der Waals surface area contributed by atoms with Crippen LogP contribution in [0.2, 0.25) is 0 Å². The van der Waals surface area contributed by atoms with Crippen LogP contribution in [0.15, 0.2) is 60.7 Å². The van der Waals surface area contributed by atoms with Crippen LogP contribution in [0.4, 0.5) is 0 Å². The van der Waals surface area contributed by atoms with Gasteiger partial charge in [0, 0.05) is 14.0 Å². The third-order valence-electron chi connectivity index (χ3n) is 3.08. The lowest BCUT2D eigenvalue weighted by Crippen LogP contribution is -2.18. The van der Waals surface area contributed by atoms with Gasteiger partial charge in [-0.1, -0.05) is 60.7 Å². The van der Waals surface area contributed by atoms with E-state index in [0.29, 0.717) is 0 Å². The fourth-order valence-electron chi connectivity index (χ4n) is 2.20. The third-order valence-corrected chi connectivity index (χ3v) is 3.08. The molecular weight excluding hydrogens is 252 g/mol. The first-order chi connectivity index (χ1) is 9.72. The molecule has 0 heterocycles. The fraction of sp³-hybridized carbons (Fsp3) is 0.235. The van der Waals surface area contributed by atoms with Crippen LogP contribution < -0.4 is 0 Å². The van der Waals surface area contributed by atoms with Crippen molar-refractivity contribution >= 4 is 5.97 Å². The van der Waals surface area contributed by atoms with Crippen molar-refractivity contribution in [3.63, 3.8) is 0 Å². The normalized spacial score (nSPS) is 13.5. The Morgan fingerprint density at radius 1 is 0.850 bits per heavy atom. The van der Waals surface area contributed by atoms with Gasteiger partial charge in [-0.3, -0.25) is 4.79 Å². The number of carbonyl (C=O) groups excluding carboxylic acids is 1. The Balaban J connectivity index is 2.36. The highest BCUT2D eigenvalue weighted by atomic mass is 16.6. The first-order valence-corrected chi connectivity index (χ1v) is 6.52. The quantitative estimate of drug-likeness (QED) is 0.777. The summed E-state index contributed by atoms with van der Waals surface area (Å²) in [4.78, 5) is 11.4. The maximum absolute atomic E-state index is 11.4. The zero-order valence-electron chi connectivity index (χ0n) is 11.7. The summed E-state index contributed by atoms with van der Waals surface area (Å²) in [6.07, 6.45) is -0.788. The molecule has 0 aromatic heterocycles. The molecule has 0 aliphatic heterocycles. The number of hydrogen-bond donors (Lipinski definition) is 0. The molecule has 0 radical (unpaired) electrons. The van der Waals surface area contributed by atoms with Gasteiger partial charge >= 0.3 is 5.97 Å². The molecule has 2 rings (SSSR count). The standard InChI is InChI=1S/C17H18O3/c1-13(18)20-17(15-11-7-4-8-12-15)16(19-2)14-9-5-3-6-10-14/h3-12,16-17H,1-2H3/t16-,17+/m1/s1. The molecule has 0 N–H and O–H groups in total. The number of esters is 1. The number of carbonyl (C=O) groups is 1. The molecule has 0 saturated heterocycles. The highest BCUT2D eigenvalue weighted by molar-refractivity contribution is 5.66. The molecule has 0 spiro atoms. The monoisotopic (exact) mass is 270 g/mol. The summed E-state index contributed by atoms with van der Waals surface area (Å²) in [5.41, 5.74) is 1.89. The smallest absolute Gasteiger partial charge is 0.303 e. The second-order valence-corrected chi connectivity index (χ2v) is 4.51. The summed E-state index contributed by atoms with van der Waals surface area (Å²) in [6, 6.07) is 19.4. The van der Waals surface area contributed by atoms with Gasteiger partial charge in [-0.05, 0) is 11.1 Å². The van der Waals surface area contributed by atoms with Gasteiger partial charge in [0.05, 0.1) is 0 Å². The van der Waals surface area contributed by atoms with E-state index in [1.165, 1.54) is 6.92 Å². The van der Waals surface area contributed by atoms with Gasteiger partial charge in [0.25, 0.3) is 0 Å². The molecule has 0 fully saturated rings. The van der Waals surface area contributed by atoms with Crippen LogP contribution in [0.1, 0.15) is 30.3 Å². The second-order valence-electron chi connectivity index (χ2n) is 4.51. The van der Waals surface area contributed by atoms with Crippen molar-refractivity contribution < 1.29 is 14.3 Å². The van der Waals surface area contributed by atoms with Crippen molar-refractivity contribution in [2.45, 2.75) is 19.1 Å². The molecule has 2 aromatic carbocycles. The van der Waals surface area contributed by atoms with Gasteiger partial charge < -0.3 is 9.47 Å². The molecule has 0 aliphatic rings. The molecule has 0 saturated carbocycles. The Morgan fingerprint density at radius 2 is 1.30 bits per heavy atom. The summed E-state index contributed by atoms with van der Waals surface area (Å²) in [5, 5.41) is 0. The molecule has 0 aliphatic carbocycles. The van der Waals surface area contributed by atoms with E-state index < -0.39 is 6.10 Å². The van der Waals surface area contributed by atoms with Crippen molar-refractivity contribution in [1.29, 1.82) is 0 Å². The van der Waals surface area contributed by atoms with Crippen molar-refractivity contribution in [3.05, 3.63) is 71.8 Å². The van der Waals surface area contributed by atoms with E-state index >= 15 is 0 Å². The van der Waals surface area contributed by atoms with E-state index in [-0.39, 0.29) is 12.1 Å². The summed E-state index contributed by atoms with van der Waals surface area (Å²) in [6.45, 7) is 1.41. The number of hydrogen-bond acceptors (Lipinski definition) is 3. The Kier molecular flexibility index (Phi) is 4.91. The SMILES string of the molecule is CO[C@H](c1ccccc1)[C@@H](OC(C)=O)c1ccccc1. The van der Waals surface area contributed by atoms with Gasteiger partial charge in [-0.15, -0.1) is 0 Å². The van der Waals surface area contributed by atoms with E-state index in [1.54, 1.807) is 7.11 Å². The lowest BCUT2D eigenvalue weighted by Gasteiger charge is -2.26. The molecule has 0 amide bonds. The average Bonchev–Trinajstić information content (AvgIpc) is 2.49. The minimum Gasteiger partial charge on any atom is -0.454 e. The van der Waals surface area contributed by atoms with Crippen LogP contribution in [-0.2, 0) is 14.3 Å². The molecule has 3 heteroatoms. The number of ether oxygens (including phenoxy) is 2. The van der Waals surface area contributed by atoms with Gasteiger partial charge in [-0.2, -0.15) is 0 Å². The van der Waals surface area contributed by atoms with E-state index in [4.69, 9.17) is 9.47 Å². The Hall–Kier alpha value is -2.13. The Labute approximate surface area is 119 Å². The van der Waals surface area contributed by atoms with Gasteiger partial charge in [0.2, 0.25) is 0 Å². The van der Waals surface area contributed by atoms with Gasteiger partial charge in [0.15, 0.2) is 6.10 Å². The fourth-order valence-corrected chi connectivity index (χ4v) is 2.20. The summed E-state index contributed by atoms with van der Waals surface area (Å²) >= 11 is 0. The molecule has 2 atom stereocenters. The number of methoxy groups -OCH3 is 1. The van der Waals surface area contributed by atoms with Crippen LogP contribution >= 0.6 is 0 Å². The summed E-state index contributed by atoms with van der Waals surface area (Å²) in [7, 11) is 1.62. The maximum Gasteiger partial charge on any atom is 0.303 e. The molecule has 0 unspecified atom stereocenters. The molecule has 2 aromatic rings. The lowest BCUT2D eigenvalue weighted by molar-refractivity contribution is -0.154. The first kappa shape index (κ1) is 14.3. The van der Waals surface area contributed by atoms with Crippen molar-refractivity contribution in [1.82, 2.24) is 0 Å². The van der Waals surface area contributed by atoms with E-state index in [0.717, 1.165) is 11.1 Å². The van der Waals surface area contributed by atoms with Crippen molar-refractivity contribution in [3.8, 4) is 0 Å². The molecule has 20 heavy (non-hydrogen) atoms. The minimum atomic E-state index is -0.457. The second kappa shape index (κ2) is 6.87. The molecular formula is C17H18O3. The van der Waals surface area contributed by atoms with Crippen LogP contribution in [0, 0.1) is 0 Å². The zero-order valence-corrected chi connectivity index (χ0v) is 11.7. The zero-order chi connectivity index (χ0) is 14.4.